The maximum atomic E-state index is 12.5. The largest absolute Gasteiger partial charge is 0.457 e. The fourth-order valence-corrected chi connectivity index (χ4v) is 3.74. The lowest BCUT2D eigenvalue weighted by Crippen LogP contribution is -2.41. The zero-order chi connectivity index (χ0) is 25.6. The highest BCUT2D eigenvalue weighted by molar-refractivity contribution is 5.93. The lowest BCUT2D eigenvalue weighted by atomic mass is 10.1. The molecule has 1 aliphatic heterocycles. The summed E-state index contributed by atoms with van der Waals surface area (Å²) in [5, 5.41) is 0. The predicted octanol–water partition coefficient (Wildman–Crippen LogP) is 4.62. The van der Waals surface area contributed by atoms with Crippen molar-refractivity contribution in [2.24, 2.45) is 5.73 Å². The van der Waals surface area contributed by atoms with E-state index in [-0.39, 0.29) is 18.2 Å². The predicted molar refractivity (Wildman–Crippen MR) is 143 cm³/mol. The Morgan fingerprint density at radius 2 is 1.71 bits per heavy atom. The van der Waals surface area contributed by atoms with E-state index < -0.39 is 5.97 Å². The molecule has 0 unspecified atom stereocenters. The van der Waals surface area contributed by atoms with Crippen molar-refractivity contribution in [3.63, 3.8) is 0 Å². The number of fused-ring (bicyclic) bond motifs is 1. The molecule has 35 heavy (non-hydrogen) atoms. The molecule has 0 saturated carbocycles. The van der Waals surface area contributed by atoms with E-state index >= 15 is 0 Å². The lowest BCUT2D eigenvalue weighted by Gasteiger charge is -2.30. The van der Waals surface area contributed by atoms with Crippen LogP contribution in [0.4, 0.5) is 0 Å². The normalized spacial score (nSPS) is 13.9. The Morgan fingerprint density at radius 3 is 2.37 bits per heavy atom. The zero-order valence-corrected chi connectivity index (χ0v) is 21.6. The van der Waals surface area contributed by atoms with Crippen LogP contribution < -0.4 is 11.3 Å². The SMILES string of the molecule is CC.CCC.NC1CCN(CCn2c(=O)cnc3ccc(C(=O)OCc4ccccc4)cc32)CC1. The molecular weight excluding hydrogens is 440 g/mol. The summed E-state index contributed by atoms with van der Waals surface area (Å²) in [5.41, 5.74) is 8.45. The molecule has 1 fully saturated rings. The summed E-state index contributed by atoms with van der Waals surface area (Å²) in [6.07, 6.45) is 4.54. The second-order valence-electron chi connectivity index (χ2n) is 8.40. The number of hydrogen-bond acceptors (Lipinski definition) is 6. The maximum Gasteiger partial charge on any atom is 0.338 e. The fourth-order valence-electron chi connectivity index (χ4n) is 3.74. The number of aromatic nitrogens is 2. The van der Waals surface area contributed by atoms with E-state index in [1.54, 1.807) is 22.8 Å². The van der Waals surface area contributed by atoms with Crippen molar-refractivity contribution in [1.82, 2.24) is 14.5 Å². The first-order chi connectivity index (χ1) is 17.0. The summed E-state index contributed by atoms with van der Waals surface area (Å²) >= 11 is 0. The number of likely N-dealkylation sites (tertiary alicyclic amines) is 1. The number of ether oxygens (including phenoxy) is 1. The minimum Gasteiger partial charge on any atom is -0.457 e. The Labute approximate surface area is 208 Å². The molecular formula is C28H40N4O3. The molecule has 1 saturated heterocycles. The number of nitrogens with two attached hydrogens (primary N) is 1. The molecule has 190 valence electrons. The van der Waals surface area contributed by atoms with E-state index in [1.165, 1.54) is 12.6 Å². The molecule has 0 aliphatic carbocycles. The highest BCUT2D eigenvalue weighted by atomic mass is 16.5. The van der Waals surface area contributed by atoms with Gasteiger partial charge in [-0.25, -0.2) is 9.78 Å². The first-order valence-electron chi connectivity index (χ1n) is 12.7. The van der Waals surface area contributed by atoms with Gasteiger partial charge in [-0.05, 0) is 49.7 Å². The Hall–Kier alpha value is -3.03. The highest BCUT2D eigenvalue weighted by Crippen LogP contribution is 2.15. The maximum absolute atomic E-state index is 12.5. The Morgan fingerprint density at radius 1 is 1.06 bits per heavy atom. The third-order valence-corrected chi connectivity index (χ3v) is 5.57. The first kappa shape index (κ1) is 28.2. The number of rotatable bonds is 6. The van der Waals surface area contributed by atoms with Gasteiger partial charge >= 0.3 is 5.97 Å². The highest BCUT2D eigenvalue weighted by Gasteiger charge is 2.17. The molecule has 2 N–H and O–H groups in total. The molecule has 4 rings (SSSR count). The van der Waals surface area contributed by atoms with Crippen molar-refractivity contribution in [2.75, 3.05) is 19.6 Å². The quantitative estimate of drug-likeness (QED) is 0.518. The third kappa shape index (κ3) is 8.60. The number of piperidine rings is 1. The van der Waals surface area contributed by atoms with E-state index in [4.69, 9.17) is 10.5 Å². The average molecular weight is 481 g/mol. The average Bonchev–Trinajstić information content (AvgIpc) is 2.89. The monoisotopic (exact) mass is 480 g/mol. The minimum atomic E-state index is -0.423. The lowest BCUT2D eigenvalue weighted by molar-refractivity contribution is 0.0473. The summed E-state index contributed by atoms with van der Waals surface area (Å²) in [6, 6.07) is 14.9. The van der Waals surface area contributed by atoms with Crippen LogP contribution in [-0.2, 0) is 17.9 Å². The molecule has 1 aromatic heterocycles. The van der Waals surface area contributed by atoms with Crippen molar-refractivity contribution < 1.29 is 9.53 Å². The van der Waals surface area contributed by atoms with E-state index in [9.17, 15) is 9.59 Å². The van der Waals surface area contributed by atoms with Crippen molar-refractivity contribution in [1.29, 1.82) is 0 Å². The van der Waals surface area contributed by atoms with Crippen LogP contribution in [0.2, 0.25) is 0 Å². The van der Waals surface area contributed by atoms with Gasteiger partial charge in [-0.1, -0.05) is 64.4 Å². The molecule has 0 spiro atoms. The molecule has 0 atom stereocenters. The van der Waals surface area contributed by atoms with Gasteiger partial charge in [0.25, 0.3) is 5.56 Å². The van der Waals surface area contributed by atoms with E-state index in [0.29, 0.717) is 23.1 Å². The number of esters is 1. The van der Waals surface area contributed by atoms with E-state index in [1.807, 2.05) is 44.2 Å². The van der Waals surface area contributed by atoms with Crippen LogP contribution in [0.3, 0.4) is 0 Å². The van der Waals surface area contributed by atoms with Gasteiger partial charge in [0.1, 0.15) is 6.61 Å². The number of carbonyl (C=O) groups is 1. The van der Waals surface area contributed by atoms with Crippen molar-refractivity contribution in [2.45, 2.75) is 66.2 Å². The summed E-state index contributed by atoms with van der Waals surface area (Å²) in [5.74, 6) is -0.423. The molecule has 1 aliphatic rings. The molecule has 2 heterocycles. The Bertz CT molecular complexity index is 1090. The number of hydrogen-bond donors (Lipinski definition) is 1. The zero-order valence-electron chi connectivity index (χ0n) is 21.6. The molecule has 3 aromatic rings. The van der Waals surface area contributed by atoms with Crippen LogP contribution in [-0.4, -0.2) is 46.1 Å². The van der Waals surface area contributed by atoms with Crippen molar-refractivity contribution in [3.05, 3.63) is 76.2 Å². The van der Waals surface area contributed by atoms with E-state index in [2.05, 4.69) is 23.7 Å². The van der Waals surface area contributed by atoms with Gasteiger partial charge < -0.3 is 19.9 Å². The van der Waals surface area contributed by atoms with Crippen LogP contribution in [0.5, 0.6) is 0 Å². The molecule has 2 aromatic carbocycles. The van der Waals surface area contributed by atoms with Crippen molar-refractivity contribution in [3.8, 4) is 0 Å². The number of nitrogens with zero attached hydrogens (tertiary/aromatic N) is 3. The summed E-state index contributed by atoms with van der Waals surface area (Å²) in [4.78, 5) is 31.6. The van der Waals surface area contributed by atoms with Crippen LogP contribution in [0, 0.1) is 0 Å². The fraction of sp³-hybridized carbons (Fsp3) is 0.464. The van der Waals surface area contributed by atoms with Gasteiger partial charge in [-0.3, -0.25) is 4.79 Å². The van der Waals surface area contributed by atoms with Crippen LogP contribution in [0.15, 0.2) is 59.5 Å². The third-order valence-electron chi connectivity index (χ3n) is 5.57. The first-order valence-corrected chi connectivity index (χ1v) is 12.7. The van der Waals surface area contributed by atoms with Crippen LogP contribution >= 0.6 is 0 Å². The molecule has 0 bridgehead atoms. The van der Waals surface area contributed by atoms with Gasteiger partial charge in [0.05, 0.1) is 22.8 Å². The summed E-state index contributed by atoms with van der Waals surface area (Å²) < 4.78 is 7.12. The van der Waals surface area contributed by atoms with Crippen LogP contribution in [0.25, 0.3) is 11.0 Å². The molecule has 7 heteroatoms. The Kier molecular flexibility index (Phi) is 12.1. The number of carbonyl (C=O) groups excluding carboxylic acids is 1. The second-order valence-corrected chi connectivity index (χ2v) is 8.40. The van der Waals surface area contributed by atoms with Gasteiger partial charge in [0, 0.05) is 19.1 Å². The van der Waals surface area contributed by atoms with Gasteiger partial charge in [0.15, 0.2) is 0 Å². The van der Waals surface area contributed by atoms with Gasteiger partial charge in [-0.15, -0.1) is 0 Å². The summed E-state index contributed by atoms with van der Waals surface area (Å²) in [6.45, 7) is 11.6. The second kappa shape index (κ2) is 15.1. The molecule has 7 nitrogen and oxygen atoms in total. The topological polar surface area (TPSA) is 90.5 Å². The molecule has 0 amide bonds. The van der Waals surface area contributed by atoms with E-state index in [0.717, 1.165) is 38.0 Å². The minimum absolute atomic E-state index is 0.175. The smallest absolute Gasteiger partial charge is 0.338 e. The standard InChI is InChI=1S/C23H26N4O3.C3H8.C2H6/c24-19-8-10-26(11-9-19)12-13-27-21-14-18(6-7-20(21)25-15-22(27)28)23(29)30-16-17-4-2-1-3-5-17;1-3-2;1-2/h1-7,14-15,19H,8-13,16,24H2;3H2,1-2H3;1-2H3. The number of benzene rings is 2. The van der Waals surface area contributed by atoms with Gasteiger partial charge in [-0.2, -0.15) is 0 Å². The molecule has 0 radical (unpaired) electrons. The summed E-state index contributed by atoms with van der Waals surface area (Å²) in [7, 11) is 0. The Balaban J connectivity index is 0.000000803. The van der Waals surface area contributed by atoms with Gasteiger partial charge in [0.2, 0.25) is 0 Å². The van der Waals surface area contributed by atoms with Crippen molar-refractivity contribution >= 4 is 17.0 Å². The van der Waals surface area contributed by atoms with Crippen LogP contribution in [0.1, 0.15) is 62.9 Å².